The number of hydrogen-bond acceptors (Lipinski definition) is 1. The normalized spacial score (nSPS) is 11.9. The molecule has 0 radical (unpaired) electrons. The molecule has 4 heteroatoms. The Morgan fingerprint density at radius 2 is 1.80 bits per heavy atom. The smallest absolute Gasteiger partial charge is 0.284 e. The van der Waals surface area contributed by atoms with Crippen molar-refractivity contribution in [3.05, 3.63) is 65.2 Å². The third kappa shape index (κ3) is 4.44. The summed E-state index contributed by atoms with van der Waals surface area (Å²) in [6.45, 7) is 2.18. The van der Waals surface area contributed by atoms with Gasteiger partial charge in [-0.2, -0.15) is 0 Å². The van der Waals surface area contributed by atoms with Gasteiger partial charge in [0.05, 0.1) is 0 Å². The second-order valence-corrected chi connectivity index (χ2v) is 7.44. The first kappa shape index (κ1) is 15.8. The van der Waals surface area contributed by atoms with E-state index in [1.165, 1.54) is 11.1 Å². The van der Waals surface area contributed by atoms with Gasteiger partial charge >= 0.3 is 0 Å². The van der Waals surface area contributed by atoms with Gasteiger partial charge in [0.15, 0.2) is 0 Å². The van der Waals surface area contributed by atoms with Crippen LogP contribution in [0.25, 0.3) is 0 Å². The van der Waals surface area contributed by atoms with E-state index < -0.39 is 0 Å². The number of amides is 1. The maximum absolute atomic E-state index is 11.2. The number of hydrogen-bond donors (Lipinski definition) is 1. The standard InChI is InChI=1S/C16H15I2NO/c1-11(17)13-8-6-12(7-9-13)10-14-4-2-3-5-15(14)19-16(18)20/h2-9,11H,10H2,1H3,(H,19,20)/t11-/m0/s1. The van der Waals surface area contributed by atoms with Crippen LogP contribution in [0.3, 0.4) is 0 Å². The van der Waals surface area contributed by atoms with Crippen molar-refractivity contribution >= 4 is 54.8 Å². The number of nitrogens with one attached hydrogen (secondary N) is 1. The molecule has 0 saturated heterocycles. The van der Waals surface area contributed by atoms with Gasteiger partial charge in [0, 0.05) is 32.2 Å². The van der Waals surface area contributed by atoms with Crippen LogP contribution in [0.5, 0.6) is 0 Å². The van der Waals surface area contributed by atoms with Crippen LogP contribution in [0.1, 0.15) is 27.5 Å². The number of benzene rings is 2. The van der Waals surface area contributed by atoms with E-state index in [1.807, 2.05) is 18.2 Å². The lowest BCUT2D eigenvalue weighted by molar-refractivity contribution is 0.271. The number of alkyl halides is 1. The lowest BCUT2D eigenvalue weighted by atomic mass is 10.0. The minimum atomic E-state index is -0.0656. The molecule has 2 aromatic rings. The topological polar surface area (TPSA) is 29.1 Å². The number of anilines is 1. The molecule has 20 heavy (non-hydrogen) atoms. The Morgan fingerprint density at radius 1 is 1.15 bits per heavy atom. The van der Waals surface area contributed by atoms with Crippen LogP contribution in [0, 0.1) is 0 Å². The fourth-order valence-electron chi connectivity index (χ4n) is 2.02. The number of carbonyl (C=O) groups excluding carboxylic acids is 1. The maximum Gasteiger partial charge on any atom is 0.284 e. The van der Waals surface area contributed by atoms with Gasteiger partial charge in [0.1, 0.15) is 0 Å². The molecule has 2 nitrogen and oxygen atoms in total. The molecule has 0 aromatic heterocycles. The summed E-state index contributed by atoms with van der Waals surface area (Å²) in [4.78, 5) is 11.2. The first-order valence-electron chi connectivity index (χ1n) is 6.33. The van der Waals surface area contributed by atoms with Crippen LogP contribution >= 0.6 is 45.2 Å². The van der Waals surface area contributed by atoms with E-state index in [0.29, 0.717) is 3.92 Å². The third-order valence-corrected chi connectivity index (χ3v) is 4.07. The number of rotatable bonds is 4. The molecular formula is C16H15I2NO. The molecule has 1 N–H and O–H groups in total. The van der Waals surface area contributed by atoms with E-state index in [0.717, 1.165) is 17.7 Å². The molecule has 104 valence electrons. The first-order chi connectivity index (χ1) is 9.56. The highest BCUT2D eigenvalue weighted by Crippen LogP contribution is 2.24. The fourth-order valence-corrected chi connectivity index (χ4v) is 2.73. The summed E-state index contributed by atoms with van der Waals surface area (Å²) in [6.07, 6.45) is 0.822. The second-order valence-electron chi connectivity index (χ2n) is 4.59. The maximum atomic E-state index is 11.2. The van der Waals surface area contributed by atoms with Crippen molar-refractivity contribution < 1.29 is 4.79 Å². The number of para-hydroxylation sites is 1. The molecule has 0 unspecified atom stereocenters. The highest BCUT2D eigenvalue weighted by Gasteiger charge is 2.06. The number of halogens is 2. The van der Waals surface area contributed by atoms with Crippen molar-refractivity contribution in [2.75, 3.05) is 5.32 Å². The Labute approximate surface area is 146 Å². The quantitative estimate of drug-likeness (QED) is 0.252. The zero-order valence-corrected chi connectivity index (χ0v) is 15.4. The van der Waals surface area contributed by atoms with Crippen LogP contribution in [-0.4, -0.2) is 3.91 Å². The lowest BCUT2D eigenvalue weighted by Crippen LogP contribution is -2.04. The van der Waals surface area contributed by atoms with Gasteiger partial charge in [-0.15, -0.1) is 0 Å². The molecule has 0 aliphatic rings. The zero-order valence-electron chi connectivity index (χ0n) is 11.1. The highest BCUT2D eigenvalue weighted by atomic mass is 127. The average Bonchev–Trinajstić information content (AvgIpc) is 2.41. The van der Waals surface area contributed by atoms with Gasteiger partial charge in [-0.1, -0.05) is 65.1 Å². The highest BCUT2D eigenvalue weighted by molar-refractivity contribution is 14.1. The van der Waals surface area contributed by atoms with Gasteiger partial charge in [-0.05, 0) is 36.1 Å². The van der Waals surface area contributed by atoms with Crippen molar-refractivity contribution in [3.8, 4) is 0 Å². The van der Waals surface area contributed by atoms with Gasteiger partial charge < -0.3 is 5.32 Å². The van der Waals surface area contributed by atoms with Crippen LogP contribution in [-0.2, 0) is 6.42 Å². The summed E-state index contributed by atoms with van der Waals surface area (Å²) in [5.41, 5.74) is 4.61. The van der Waals surface area contributed by atoms with Crippen molar-refractivity contribution in [1.29, 1.82) is 0 Å². The average molecular weight is 491 g/mol. The molecule has 0 spiro atoms. The predicted octanol–water partition coefficient (Wildman–Crippen LogP) is 5.74. The molecule has 2 aromatic carbocycles. The molecule has 0 aliphatic heterocycles. The lowest BCUT2D eigenvalue weighted by Gasteiger charge is -2.10. The molecule has 0 saturated carbocycles. The van der Waals surface area contributed by atoms with E-state index in [-0.39, 0.29) is 3.91 Å². The fraction of sp³-hybridized carbons (Fsp3) is 0.188. The minimum Gasteiger partial charge on any atom is -0.317 e. The van der Waals surface area contributed by atoms with Gasteiger partial charge in [-0.3, -0.25) is 4.79 Å². The van der Waals surface area contributed by atoms with Crippen molar-refractivity contribution in [1.82, 2.24) is 0 Å². The molecule has 2 rings (SSSR count). The Morgan fingerprint density at radius 3 is 2.40 bits per heavy atom. The SMILES string of the molecule is C[C@H](I)c1ccc(Cc2ccccc2NC(=O)I)cc1. The summed E-state index contributed by atoms with van der Waals surface area (Å²) in [5.74, 6) is 0. The van der Waals surface area contributed by atoms with Gasteiger partial charge in [0.2, 0.25) is 0 Å². The summed E-state index contributed by atoms with van der Waals surface area (Å²) in [5, 5.41) is 2.87. The first-order valence-corrected chi connectivity index (χ1v) is 8.66. The summed E-state index contributed by atoms with van der Waals surface area (Å²) < 4.78 is 0.455. The summed E-state index contributed by atoms with van der Waals surface area (Å²) in [6, 6.07) is 16.6. The molecule has 0 bridgehead atoms. The van der Waals surface area contributed by atoms with Crippen molar-refractivity contribution in [2.45, 2.75) is 17.3 Å². The molecule has 1 amide bonds. The Hall–Kier alpha value is -0.630. The Kier molecular flexibility index (Phi) is 5.83. The van der Waals surface area contributed by atoms with E-state index in [9.17, 15) is 4.79 Å². The Balaban J connectivity index is 2.19. The molecule has 1 atom stereocenters. The molecular weight excluding hydrogens is 476 g/mol. The largest absolute Gasteiger partial charge is 0.317 e. The van der Waals surface area contributed by atoms with E-state index in [2.05, 4.69) is 65.2 Å². The number of carbonyl (C=O) groups is 1. The summed E-state index contributed by atoms with van der Waals surface area (Å²) >= 11 is 4.17. The van der Waals surface area contributed by atoms with Gasteiger partial charge in [0.25, 0.3) is 3.91 Å². The zero-order chi connectivity index (χ0) is 14.5. The Bertz CT molecular complexity index is 594. The van der Waals surface area contributed by atoms with Crippen molar-refractivity contribution in [2.24, 2.45) is 0 Å². The third-order valence-electron chi connectivity index (χ3n) is 3.08. The van der Waals surface area contributed by atoms with Crippen LogP contribution < -0.4 is 5.32 Å². The second kappa shape index (κ2) is 7.40. The van der Waals surface area contributed by atoms with Crippen molar-refractivity contribution in [3.63, 3.8) is 0 Å². The van der Waals surface area contributed by atoms with Gasteiger partial charge in [-0.25, -0.2) is 0 Å². The van der Waals surface area contributed by atoms with Crippen LogP contribution in [0.15, 0.2) is 48.5 Å². The molecule has 0 fully saturated rings. The molecule has 0 aliphatic carbocycles. The van der Waals surface area contributed by atoms with Crippen LogP contribution in [0.4, 0.5) is 10.5 Å². The summed E-state index contributed by atoms with van der Waals surface area (Å²) in [7, 11) is 0. The van der Waals surface area contributed by atoms with E-state index in [1.54, 1.807) is 22.6 Å². The van der Waals surface area contributed by atoms with E-state index >= 15 is 0 Å². The minimum absolute atomic E-state index is 0.0656. The predicted molar refractivity (Wildman–Crippen MR) is 101 cm³/mol. The monoisotopic (exact) mass is 491 g/mol. The van der Waals surface area contributed by atoms with E-state index in [4.69, 9.17) is 0 Å². The van der Waals surface area contributed by atoms with Crippen LogP contribution in [0.2, 0.25) is 0 Å². The molecule has 0 heterocycles.